The second-order valence-corrected chi connectivity index (χ2v) is 7.76. The van der Waals surface area contributed by atoms with Crippen LogP contribution in [0, 0.1) is 5.82 Å². The molecule has 112 valence electrons. The number of sulfonamides is 1. The highest BCUT2D eigenvalue weighted by atomic mass is 79.9. The van der Waals surface area contributed by atoms with Gasteiger partial charge in [-0.25, -0.2) is 12.8 Å². The van der Waals surface area contributed by atoms with E-state index in [0.29, 0.717) is 12.1 Å². The third-order valence-corrected chi connectivity index (χ3v) is 5.71. The minimum absolute atomic E-state index is 0.00567. The van der Waals surface area contributed by atoms with Crippen molar-refractivity contribution in [3.05, 3.63) is 56.7 Å². The molecule has 0 bridgehead atoms. The normalized spacial score (nSPS) is 11.4. The van der Waals surface area contributed by atoms with Crippen molar-refractivity contribution in [2.24, 2.45) is 0 Å². The van der Waals surface area contributed by atoms with Crippen LogP contribution in [0.15, 0.2) is 50.2 Å². The lowest BCUT2D eigenvalue weighted by Gasteiger charge is -2.13. The van der Waals surface area contributed by atoms with Crippen LogP contribution in [-0.2, 0) is 16.4 Å². The van der Waals surface area contributed by atoms with Gasteiger partial charge in [-0.2, -0.15) is 0 Å². The largest absolute Gasteiger partial charge is 0.279 e. The van der Waals surface area contributed by atoms with E-state index in [4.69, 9.17) is 0 Å². The summed E-state index contributed by atoms with van der Waals surface area (Å²) in [5.74, 6) is -0.501. The molecular weight excluding hydrogens is 425 g/mol. The number of halogens is 3. The van der Waals surface area contributed by atoms with E-state index in [9.17, 15) is 12.8 Å². The van der Waals surface area contributed by atoms with Crippen molar-refractivity contribution in [3.8, 4) is 0 Å². The van der Waals surface area contributed by atoms with Crippen molar-refractivity contribution < 1.29 is 12.8 Å². The quantitative estimate of drug-likeness (QED) is 0.753. The van der Waals surface area contributed by atoms with E-state index in [1.54, 1.807) is 12.1 Å². The minimum Gasteiger partial charge on any atom is -0.279 e. The SMILES string of the molecule is CCc1cc(Br)ccc1NS(=O)(=O)c1ccc(F)cc1Br. The van der Waals surface area contributed by atoms with Crippen LogP contribution in [0.4, 0.5) is 10.1 Å². The number of aryl methyl sites for hydroxylation is 1. The number of rotatable bonds is 4. The van der Waals surface area contributed by atoms with Gasteiger partial charge in [0.05, 0.1) is 5.69 Å². The molecule has 0 aliphatic carbocycles. The number of hydrogen-bond acceptors (Lipinski definition) is 2. The molecule has 0 aromatic heterocycles. The van der Waals surface area contributed by atoms with Crippen molar-refractivity contribution in [3.63, 3.8) is 0 Å². The van der Waals surface area contributed by atoms with Gasteiger partial charge in [0, 0.05) is 8.95 Å². The van der Waals surface area contributed by atoms with Gasteiger partial charge >= 0.3 is 0 Å². The van der Waals surface area contributed by atoms with Crippen LogP contribution < -0.4 is 4.72 Å². The summed E-state index contributed by atoms with van der Waals surface area (Å²) in [6.45, 7) is 1.94. The highest BCUT2D eigenvalue weighted by Crippen LogP contribution is 2.27. The highest BCUT2D eigenvalue weighted by Gasteiger charge is 2.19. The summed E-state index contributed by atoms with van der Waals surface area (Å²) in [6, 6.07) is 8.77. The summed E-state index contributed by atoms with van der Waals surface area (Å²) < 4.78 is 41.5. The van der Waals surface area contributed by atoms with Gasteiger partial charge in [-0.15, -0.1) is 0 Å². The third kappa shape index (κ3) is 3.84. The Kier molecular flexibility index (Phi) is 5.06. The van der Waals surface area contributed by atoms with E-state index in [1.807, 2.05) is 13.0 Å². The molecule has 0 saturated heterocycles. The zero-order chi connectivity index (χ0) is 15.6. The summed E-state index contributed by atoms with van der Waals surface area (Å²) in [6.07, 6.45) is 0.682. The molecule has 2 aromatic carbocycles. The Morgan fingerprint density at radius 2 is 1.86 bits per heavy atom. The molecule has 0 radical (unpaired) electrons. The maximum atomic E-state index is 13.1. The van der Waals surface area contributed by atoms with Crippen LogP contribution in [-0.4, -0.2) is 8.42 Å². The maximum Gasteiger partial charge on any atom is 0.263 e. The standard InChI is InChI=1S/C14H12Br2FNO2S/c1-2-9-7-10(15)3-5-13(9)18-21(19,20)14-6-4-11(17)8-12(14)16/h3-8,18H,2H2,1H3. The van der Waals surface area contributed by atoms with E-state index >= 15 is 0 Å². The van der Waals surface area contributed by atoms with Crippen LogP contribution in [0.3, 0.4) is 0 Å². The van der Waals surface area contributed by atoms with Gasteiger partial charge < -0.3 is 0 Å². The van der Waals surface area contributed by atoms with Crippen LogP contribution in [0.2, 0.25) is 0 Å². The fourth-order valence-electron chi connectivity index (χ4n) is 1.85. The summed E-state index contributed by atoms with van der Waals surface area (Å²) in [5, 5.41) is 0. The summed E-state index contributed by atoms with van der Waals surface area (Å²) in [7, 11) is -3.79. The van der Waals surface area contributed by atoms with Gasteiger partial charge in [0.1, 0.15) is 10.7 Å². The summed E-state index contributed by atoms with van der Waals surface area (Å²) in [4.78, 5) is -0.00567. The van der Waals surface area contributed by atoms with E-state index in [0.717, 1.165) is 22.2 Å². The molecule has 0 atom stereocenters. The lowest BCUT2D eigenvalue weighted by molar-refractivity contribution is 0.599. The number of hydrogen-bond donors (Lipinski definition) is 1. The number of nitrogens with one attached hydrogen (secondary N) is 1. The Hall–Kier alpha value is -0.920. The topological polar surface area (TPSA) is 46.2 Å². The van der Waals surface area contributed by atoms with Crippen molar-refractivity contribution in [2.75, 3.05) is 4.72 Å². The molecular formula is C14H12Br2FNO2S. The molecule has 1 N–H and O–H groups in total. The average Bonchev–Trinajstić information content (AvgIpc) is 2.40. The summed E-state index contributed by atoms with van der Waals surface area (Å²) >= 11 is 6.43. The first-order valence-electron chi connectivity index (χ1n) is 6.10. The maximum absolute atomic E-state index is 13.1. The van der Waals surface area contributed by atoms with Crippen LogP contribution in [0.1, 0.15) is 12.5 Å². The molecule has 2 rings (SSSR count). The fourth-order valence-corrected chi connectivity index (χ4v) is 4.41. The third-order valence-electron chi connectivity index (χ3n) is 2.88. The van der Waals surface area contributed by atoms with E-state index in [1.165, 1.54) is 6.07 Å². The Morgan fingerprint density at radius 3 is 2.48 bits per heavy atom. The zero-order valence-electron chi connectivity index (χ0n) is 11.0. The molecule has 0 amide bonds. The second-order valence-electron chi connectivity index (χ2n) is 4.34. The first-order valence-corrected chi connectivity index (χ1v) is 9.16. The molecule has 0 saturated carbocycles. The van der Waals surface area contributed by atoms with Crippen molar-refractivity contribution in [1.82, 2.24) is 0 Å². The van der Waals surface area contributed by atoms with Gasteiger partial charge in [-0.3, -0.25) is 4.72 Å². The lowest BCUT2D eigenvalue weighted by Crippen LogP contribution is -2.15. The Labute approximate surface area is 139 Å². The van der Waals surface area contributed by atoms with Gasteiger partial charge in [-0.1, -0.05) is 22.9 Å². The van der Waals surface area contributed by atoms with Crippen LogP contribution in [0.25, 0.3) is 0 Å². The van der Waals surface area contributed by atoms with Gasteiger partial charge in [0.2, 0.25) is 0 Å². The summed E-state index contributed by atoms with van der Waals surface area (Å²) in [5.41, 5.74) is 1.38. The lowest BCUT2D eigenvalue weighted by atomic mass is 10.1. The Morgan fingerprint density at radius 1 is 1.14 bits per heavy atom. The van der Waals surface area contributed by atoms with Crippen molar-refractivity contribution >= 4 is 47.6 Å². The molecule has 0 unspecified atom stereocenters. The molecule has 21 heavy (non-hydrogen) atoms. The zero-order valence-corrected chi connectivity index (χ0v) is 15.0. The average molecular weight is 437 g/mol. The molecule has 0 heterocycles. The first-order chi connectivity index (χ1) is 9.83. The van der Waals surface area contributed by atoms with Gasteiger partial charge in [0.15, 0.2) is 0 Å². The van der Waals surface area contributed by atoms with Crippen molar-refractivity contribution in [1.29, 1.82) is 0 Å². The predicted octanol–water partition coefficient (Wildman–Crippen LogP) is 4.71. The van der Waals surface area contributed by atoms with E-state index in [-0.39, 0.29) is 9.37 Å². The smallest absolute Gasteiger partial charge is 0.263 e. The number of anilines is 1. The second kappa shape index (κ2) is 6.46. The Balaban J connectivity index is 2.42. The fraction of sp³-hybridized carbons (Fsp3) is 0.143. The Bertz CT molecular complexity index is 779. The van der Waals surface area contributed by atoms with Gasteiger partial charge in [0.25, 0.3) is 10.0 Å². The monoisotopic (exact) mass is 435 g/mol. The van der Waals surface area contributed by atoms with Crippen molar-refractivity contribution in [2.45, 2.75) is 18.2 Å². The molecule has 3 nitrogen and oxygen atoms in total. The highest BCUT2D eigenvalue weighted by molar-refractivity contribution is 9.10. The molecule has 0 aliphatic heterocycles. The predicted molar refractivity (Wildman–Crippen MR) is 88.4 cm³/mol. The van der Waals surface area contributed by atoms with E-state index < -0.39 is 15.8 Å². The van der Waals surface area contributed by atoms with Crippen LogP contribution >= 0.6 is 31.9 Å². The molecule has 0 spiro atoms. The van der Waals surface area contributed by atoms with E-state index in [2.05, 4.69) is 36.6 Å². The minimum atomic E-state index is -3.79. The first kappa shape index (κ1) is 16.5. The molecule has 0 aliphatic rings. The molecule has 7 heteroatoms. The molecule has 0 fully saturated rings. The molecule has 2 aromatic rings. The number of benzene rings is 2. The van der Waals surface area contributed by atoms with Crippen LogP contribution in [0.5, 0.6) is 0 Å². The van der Waals surface area contributed by atoms with Gasteiger partial charge in [-0.05, 0) is 64.3 Å².